The van der Waals surface area contributed by atoms with Gasteiger partial charge in [0.2, 0.25) is 0 Å². The smallest absolute Gasteiger partial charge is 0.266 e. The highest BCUT2D eigenvalue weighted by Crippen LogP contribution is 2.35. The normalized spacial score (nSPS) is 32.8. The fraction of sp³-hybridized carbons (Fsp3) is 0.667. The molecule has 4 heteroatoms. The number of rotatable bonds is 6. The Labute approximate surface area is 131 Å². The molecule has 2 fully saturated rings. The van der Waals surface area contributed by atoms with Gasteiger partial charge in [-0.15, -0.1) is 6.58 Å². The molecule has 0 aromatic rings. The van der Waals surface area contributed by atoms with E-state index in [9.17, 15) is 8.78 Å². The van der Waals surface area contributed by atoms with Crippen molar-refractivity contribution in [1.29, 1.82) is 0 Å². The van der Waals surface area contributed by atoms with E-state index in [2.05, 4.69) is 18.7 Å². The highest BCUT2D eigenvalue weighted by Gasteiger charge is 2.31. The number of unbranched alkanes of at least 4 members (excludes halogenated alkanes) is 1. The molecular formula is C18H26F2O2. The van der Waals surface area contributed by atoms with Crippen LogP contribution >= 0.6 is 0 Å². The molecule has 2 aliphatic rings. The molecule has 0 aromatic heterocycles. The second-order valence-corrected chi connectivity index (χ2v) is 6.22. The van der Waals surface area contributed by atoms with Crippen LogP contribution in [0.2, 0.25) is 0 Å². The molecule has 1 heterocycles. The second kappa shape index (κ2) is 9.21. The van der Waals surface area contributed by atoms with E-state index in [0.29, 0.717) is 25.0 Å². The van der Waals surface area contributed by atoms with Crippen molar-refractivity contribution in [1.82, 2.24) is 0 Å². The lowest BCUT2D eigenvalue weighted by Gasteiger charge is -2.36. The van der Waals surface area contributed by atoms with E-state index >= 15 is 0 Å². The van der Waals surface area contributed by atoms with Gasteiger partial charge in [0.15, 0.2) is 6.29 Å². The molecule has 0 bridgehead atoms. The molecule has 1 saturated carbocycles. The average molecular weight is 312 g/mol. The maximum atomic E-state index is 12.3. The molecule has 0 N–H and O–H groups in total. The molecule has 22 heavy (non-hydrogen) atoms. The number of allylic oxidation sites excluding steroid dienone is 3. The molecular weight excluding hydrogens is 286 g/mol. The lowest BCUT2D eigenvalue weighted by Crippen LogP contribution is -2.37. The molecule has 1 saturated heterocycles. The molecule has 1 aliphatic heterocycles. The summed E-state index contributed by atoms with van der Waals surface area (Å²) in [5.74, 6) is 0.685. The van der Waals surface area contributed by atoms with E-state index in [1.165, 1.54) is 0 Å². The van der Waals surface area contributed by atoms with Gasteiger partial charge >= 0.3 is 0 Å². The Morgan fingerprint density at radius 2 is 1.68 bits per heavy atom. The SMILES string of the molecule is C=CCC/C=C/C1COC(C2CCC(C=C(F)F)CC2)OC1. The summed E-state index contributed by atoms with van der Waals surface area (Å²) in [5.41, 5.74) is 0. The average Bonchev–Trinajstić information content (AvgIpc) is 2.52. The van der Waals surface area contributed by atoms with Crippen molar-refractivity contribution >= 4 is 0 Å². The van der Waals surface area contributed by atoms with Crippen molar-refractivity contribution in [3.63, 3.8) is 0 Å². The Hall–Kier alpha value is -1.00. The summed E-state index contributed by atoms with van der Waals surface area (Å²) < 4.78 is 36.2. The first kappa shape index (κ1) is 17.4. The summed E-state index contributed by atoms with van der Waals surface area (Å²) >= 11 is 0. The first-order valence-electron chi connectivity index (χ1n) is 8.22. The Balaban J connectivity index is 1.68. The molecule has 2 rings (SSSR count). The summed E-state index contributed by atoms with van der Waals surface area (Å²) in [6.07, 6.45) is 11.0. The third-order valence-corrected chi connectivity index (χ3v) is 4.46. The standard InChI is InChI=1S/C18H26F2O2/c1-2-3-4-5-6-15-12-21-18(22-13-15)16-9-7-14(8-10-16)11-17(19)20/h2,5-6,11,14-16,18H,1,3-4,7-10,12-13H2/b6-5+. The Kier molecular flexibility index (Phi) is 7.26. The molecule has 2 nitrogen and oxygen atoms in total. The zero-order valence-corrected chi connectivity index (χ0v) is 13.1. The highest BCUT2D eigenvalue weighted by atomic mass is 19.3. The summed E-state index contributed by atoms with van der Waals surface area (Å²) in [6.45, 7) is 5.08. The van der Waals surface area contributed by atoms with Gasteiger partial charge < -0.3 is 9.47 Å². The number of ether oxygens (including phenoxy) is 2. The van der Waals surface area contributed by atoms with Crippen LogP contribution in [0, 0.1) is 17.8 Å². The largest absolute Gasteiger partial charge is 0.352 e. The van der Waals surface area contributed by atoms with E-state index in [0.717, 1.165) is 44.6 Å². The molecule has 0 amide bonds. The first-order chi connectivity index (χ1) is 10.7. The van der Waals surface area contributed by atoms with Crippen molar-refractivity contribution in [3.8, 4) is 0 Å². The molecule has 0 atom stereocenters. The maximum absolute atomic E-state index is 12.3. The Morgan fingerprint density at radius 3 is 2.27 bits per heavy atom. The highest BCUT2D eigenvalue weighted by molar-refractivity contribution is 4.93. The van der Waals surface area contributed by atoms with Crippen LogP contribution in [0.15, 0.2) is 37.0 Å². The van der Waals surface area contributed by atoms with Crippen LogP contribution in [0.5, 0.6) is 0 Å². The second-order valence-electron chi connectivity index (χ2n) is 6.22. The van der Waals surface area contributed by atoms with Gasteiger partial charge in [-0.3, -0.25) is 0 Å². The van der Waals surface area contributed by atoms with Gasteiger partial charge in [-0.1, -0.05) is 18.2 Å². The van der Waals surface area contributed by atoms with Gasteiger partial charge in [-0.25, -0.2) is 0 Å². The van der Waals surface area contributed by atoms with Crippen molar-refractivity contribution < 1.29 is 18.3 Å². The predicted octanol–water partition coefficient (Wildman–Crippen LogP) is 5.08. The minimum atomic E-state index is -1.56. The van der Waals surface area contributed by atoms with Crippen LogP contribution in [0.3, 0.4) is 0 Å². The quantitative estimate of drug-likeness (QED) is 0.503. The number of halogens is 2. The van der Waals surface area contributed by atoms with Crippen LogP contribution < -0.4 is 0 Å². The third kappa shape index (κ3) is 5.65. The minimum Gasteiger partial charge on any atom is -0.352 e. The van der Waals surface area contributed by atoms with Crippen LogP contribution in [0.25, 0.3) is 0 Å². The van der Waals surface area contributed by atoms with E-state index in [-0.39, 0.29) is 12.2 Å². The van der Waals surface area contributed by atoms with Crippen molar-refractivity contribution in [3.05, 3.63) is 37.0 Å². The summed E-state index contributed by atoms with van der Waals surface area (Å²) in [5, 5.41) is 0. The zero-order chi connectivity index (χ0) is 15.8. The van der Waals surface area contributed by atoms with E-state index in [1.807, 2.05) is 6.08 Å². The van der Waals surface area contributed by atoms with Crippen molar-refractivity contribution in [2.24, 2.45) is 17.8 Å². The third-order valence-electron chi connectivity index (χ3n) is 4.46. The van der Waals surface area contributed by atoms with E-state index < -0.39 is 6.08 Å². The molecule has 0 spiro atoms. The van der Waals surface area contributed by atoms with Gasteiger partial charge in [-0.05, 0) is 50.5 Å². The van der Waals surface area contributed by atoms with E-state index in [4.69, 9.17) is 9.47 Å². The van der Waals surface area contributed by atoms with Crippen LogP contribution in [-0.4, -0.2) is 19.5 Å². The summed E-state index contributed by atoms with van der Waals surface area (Å²) in [6, 6.07) is 0. The summed E-state index contributed by atoms with van der Waals surface area (Å²) in [4.78, 5) is 0. The zero-order valence-electron chi connectivity index (χ0n) is 13.1. The molecule has 1 aliphatic carbocycles. The maximum Gasteiger partial charge on any atom is 0.266 e. The lowest BCUT2D eigenvalue weighted by atomic mass is 9.81. The van der Waals surface area contributed by atoms with Crippen molar-refractivity contribution in [2.75, 3.05) is 13.2 Å². The minimum absolute atomic E-state index is 0.0189. The van der Waals surface area contributed by atoms with Gasteiger partial charge in [0.05, 0.1) is 13.2 Å². The van der Waals surface area contributed by atoms with Crippen LogP contribution in [-0.2, 0) is 9.47 Å². The molecule has 0 radical (unpaired) electrons. The lowest BCUT2D eigenvalue weighted by molar-refractivity contribution is -0.222. The first-order valence-corrected chi connectivity index (χ1v) is 8.22. The van der Waals surface area contributed by atoms with E-state index in [1.54, 1.807) is 0 Å². The number of hydrogen-bond donors (Lipinski definition) is 0. The molecule has 0 unspecified atom stereocenters. The van der Waals surface area contributed by atoms with Gasteiger partial charge in [-0.2, -0.15) is 8.78 Å². The van der Waals surface area contributed by atoms with Crippen LogP contribution in [0.4, 0.5) is 8.78 Å². The fourth-order valence-corrected chi connectivity index (χ4v) is 3.18. The fourth-order valence-electron chi connectivity index (χ4n) is 3.18. The van der Waals surface area contributed by atoms with Crippen molar-refractivity contribution in [2.45, 2.75) is 44.8 Å². The van der Waals surface area contributed by atoms with Gasteiger partial charge in [0.1, 0.15) is 0 Å². The Bertz CT molecular complexity index is 386. The van der Waals surface area contributed by atoms with Gasteiger partial charge in [0.25, 0.3) is 6.08 Å². The van der Waals surface area contributed by atoms with Gasteiger partial charge in [0, 0.05) is 11.8 Å². The predicted molar refractivity (Wildman–Crippen MR) is 83.5 cm³/mol. The number of hydrogen-bond acceptors (Lipinski definition) is 2. The monoisotopic (exact) mass is 312 g/mol. The molecule has 0 aromatic carbocycles. The topological polar surface area (TPSA) is 18.5 Å². The summed E-state index contributed by atoms with van der Waals surface area (Å²) in [7, 11) is 0. The van der Waals surface area contributed by atoms with Crippen LogP contribution in [0.1, 0.15) is 38.5 Å². The Morgan fingerprint density at radius 1 is 1.00 bits per heavy atom. The molecule has 124 valence electrons.